The zero-order valence-electron chi connectivity index (χ0n) is 11.5. The third kappa shape index (κ3) is 4.56. The van der Waals surface area contributed by atoms with Crippen molar-refractivity contribution in [1.29, 1.82) is 0 Å². The van der Waals surface area contributed by atoms with E-state index < -0.39 is 0 Å². The minimum absolute atomic E-state index is 0.248. The van der Waals surface area contributed by atoms with Crippen molar-refractivity contribution in [1.82, 2.24) is 9.80 Å². The monoisotopic (exact) mass is 261 g/mol. The largest absolute Gasteiger partial charge is 0.494 e. The molecule has 1 aliphatic rings. The van der Waals surface area contributed by atoms with E-state index in [1.807, 2.05) is 29.2 Å². The molecule has 103 valence electrons. The number of nitrogens with zero attached hydrogens (tertiary/aromatic N) is 2. The summed E-state index contributed by atoms with van der Waals surface area (Å²) in [7, 11) is 2.09. The van der Waals surface area contributed by atoms with Gasteiger partial charge in [-0.2, -0.15) is 0 Å². The van der Waals surface area contributed by atoms with E-state index in [0.717, 1.165) is 38.3 Å². The molecule has 0 N–H and O–H groups in total. The first-order valence-electron chi connectivity index (χ1n) is 6.81. The summed E-state index contributed by atoms with van der Waals surface area (Å²) in [6.07, 6.45) is 1.34. The topological polar surface area (TPSA) is 32.8 Å². The highest BCUT2D eigenvalue weighted by atomic mass is 16.5. The molecule has 19 heavy (non-hydrogen) atoms. The van der Waals surface area contributed by atoms with Crippen molar-refractivity contribution >= 4 is 5.91 Å². The predicted molar refractivity (Wildman–Crippen MR) is 74.1 cm³/mol. The van der Waals surface area contributed by atoms with E-state index >= 15 is 0 Å². The second-order valence-corrected chi connectivity index (χ2v) is 4.87. The van der Waals surface area contributed by atoms with E-state index in [-0.39, 0.29) is 5.91 Å². The van der Waals surface area contributed by atoms with Crippen molar-refractivity contribution in [2.24, 2.45) is 0 Å². The molecule has 1 aromatic carbocycles. The zero-order chi connectivity index (χ0) is 13.5. The molecule has 1 fully saturated rings. The highest BCUT2D eigenvalue weighted by Gasteiger charge is 2.18. The number of hydrogen-bond acceptors (Lipinski definition) is 3. The SMILES string of the molecule is CN1CCN(C(=O)CCCOc2cc[c]cc2)CC1. The summed E-state index contributed by atoms with van der Waals surface area (Å²) < 4.78 is 5.56. The highest BCUT2D eigenvalue weighted by Crippen LogP contribution is 2.09. The van der Waals surface area contributed by atoms with Gasteiger partial charge in [0.1, 0.15) is 5.75 Å². The third-order valence-corrected chi connectivity index (χ3v) is 3.35. The fourth-order valence-corrected chi connectivity index (χ4v) is 2.10. The maximum absolute atomic E-state index is 12.0. The van der Waals surface area contributed by atoms with Gasteiger partial charge in [0, 0.05) is 32.6 Å². The second kappa shape index (κ2) is 7.14. The van der Waals surface area contributed by atoms with Gasteiger partial charge in [-0.3, -0.25) is 4.79 Å². The van der Waals surface area contributed by atoms with Crippen molar-refractivity contribution in [2.75, 3.05) is 39.8 Å². The van der Waals surface area contributed by atoms with Gasteiger partial charge in [0.05, 0.1) is 6.61 Å². The van der Waals surface area contributed by atoms with Gasteiger partial charge in [-0.05, 0) is 31.7 Å². The zero-order valence-corrected chi connectivity index (χ0v) is 11.5. The Morgan fingerprint density at radius 2 is 1.95 bits per heavy atom. The van der Waals surface area contributed by atoms with Crippen LogP contribution in [0.1, 0.15) is 12.8 Å². The standard InChI is InChI=1S/C15H21N2O2/c1-16-9-11-17(12-10-16)15(18)8-5-13-19-14-6-3-2-4-7-14/h3-4,6-7H,5,8-13H2,1H3. The molecule has 1 radical (unpaired) electrons. The van der Waals surface area contributed by atoms with E-state index in [1.54, 1.807) is 0 Å². The molecule has 4 nitrogen and oxygen atoms in total. The summed E-state index contributed by atoms with van der Waals surface area (Å²) in [5, 5.41) is 0. The van der Waals surface area contributed by atoms with E-state index in [2.05, 4.69) is 18.0 Å². The number of ether oxygens (including phenoxy) is 1. The van der Waals surface area contributed by atoms with Gasteiger partial charge in [0.25, 0.3) is 0 Å². The third-order valence-electron chi connectivity index (χ3n) is 3.35. The lowest BCUT2D eigenvalue weighted by Gasteiger charge is -2.32. The summed E-state index contributed by atoms with van der Waals surface area (Å²) >= 11 is 0. The van der Waals surface area contributed by atoms with Crippen molar-refractivity contribution < 1.29 is 9.53 Å². The van der Waals surface area contributed by atoms with Gasteiger partial charge in [-0.25, -0.2) is 0 Å². The Morgan fingerprint density at radius 3 is 2.63 bits per heavy atom. The number of benzene rings is 1. The molecule has 2 rings (SSSR count). The number of amides is 1. The first-order valence-corrected chi connectivity index (χ1v) is 6.81. The van der Waals surface area contributed by atoms with Crippen LogP contribution in [-0.2, 0) is 4.79 Å². The molecule has 1 amide bonds. The van der Waals surface area contributed by atoms with E-state index in [4.69, 9.17) is 4.74 Å². The van der Waals surface area contributed by atoms with Crippen LogP contribution in [0, 0.1) is 6.07 Å². The average molecular weight is 261 g/mol. The van der Waals surface area contributed by atoms with Crippen LogP contribution in [0.2, 0.25) is 0 Å². The van der Waals surface area contributed by atoms with Crippen LogP contribution >= 0.6 is 0 Å². The van der Waals surface area contributed by atoms with Gasteiger partial charge in [0.2, 0.25) is 5.91 Å². The Bertz CT molecular complexity index is 386. The Labute approximate surface area is 115 Å². The maximum atomic E-state index is 12.0. The molecule has 1 heterocycles. The molecular weight excluding hydrogens is 240 g/mol. The van der Waals surface area contributed by atoms with Crippen LogP contribution in [-0.4, -0.2) is 55.5 Å². The Kier molecular flexibility index (Phi) is 5.21. The van der Waals surface area contributed by atoms with Crippen molar-refractivity contribution in [3.05, 3.63) is 30.3 Å². The van der Waals surface area contributed by atoms with Crippen LogP contribution in [0.5, 0.6) is 5.75 Å². The maximum Gasteiger partial charge on any atom is 0.222 e. The molecule has 1 aliphatic heterocycles. The normalized spacial score (nSPS) is 16.4. The molecule has 0 saturated carbocycles. The van der Waals surface area contributed by atoms with Crippen LogP contribution in [0.25, 0.3) is 0 Å². The molecule has 1 saturated heterocycles. The summed E-state index contributed by atoms with van der Waals surface area (Å²) in [4.78, 5) is 16.2. The molecular formula is C15H21N2O2. The lowest BCUT2D eigenvalue weighted by molar-refractivity contribution is -0.133. The van der Waals surface area contributed by atoms with Crippen LogP contribution in [0.15, 0.2) is 24.3 Å². The van der Waals surface area contributed by atoms with E-state index in [1.165, 1.54) is 0 Å². The number of likely N-dealkylation sites (N-methyl/N-ethyl adjacent to an activating group) is 1. The second-order valence-electron chi connectivity index (χ2n) is 4.87. The van der Waals surface area contributed by atoms with Crippen molar-refractivity contribution in [2.45, 2.75) is 12.8 Å². The summed E-state index contributed by atoms with van der Waals surface area (Å²) in [5.41, 5.74) is 0. The predicted octanol–water partition coefficient (Wildman–Crippen LogP) is 1.42. The lowest BCUT2D eigenvalue weighted by atomic mass is 10.2. The molecule has 0 bridgehead atoms. The minimum Gasteiger partial charge on any atom is -0.494 e. The van der Waals surface area contributed by atoms with Crippen LogP contribution in [0.3, 0.4) is 0 Å². The van der Waals surface area contributed by atoms with Crippen LogP contribution in [0.4, 0.5) is 0 Å². The Balaban J connectivity index is 1.61. The van der Waals surface area contributed by atoms with Gasteiger partial charge < -0.3 is 14.5 Å². The molecule has 0 aromatic heterocycles. The van der Waals surface area contributed by atoms with E-state index in [0.29, 0.717) is 13.0 Å². The van der Waals surface area contributed by atoms with Crippen molar-refractivity contribution in [3.63, 3.8) is 0 Å². The van der Waals surface area contributed by atoms with Gasteiger partial charge in [-0.1, -0.05) is 12.1 Å². The average Bonchev–Trinajstić information content (AvgIpc) is 2.45. The molecule has 0 spiro atoms. The first-order chi connectivity index (χ1) is 9.25. The Morgan fingerprint density at radius 1 is 1.26 bits per heavy atom. The smallest absolute Gasteiger partial charge is 0.222 e. The van der Waals surface area contributed by atoms with Crippen LogP contribution < -0.4 is 4.74 Å². The molecule has 4 heteroatoms. The summed E-state index contributed by atoms with van der Waals surface area (Å²) in [6.45, 7) is 4.24. The molecule has 1 aromatic rings. The fourth-order valence-electron chi connectivity index (χ4n) is 2.10. The first kappa shape index (κ1) is 13.9. The van der Waals surface area contributed by atoms with Gasteiger partial charge in [-0.15, -0.1) is 0 Å². The number of rotatable bonds is 5. The van der Waals surface area contributed by atoms with Crippen molar-refractivity contribution in [3.8, 4) is 5.75 Å². The quantitative estimate of drug-likeness (QED) is 0.752. The summed E-state index contributed by atoms with van der Waals surface area (Å²) in [6, 6.07) is 10.3. The Hall–Kier alpha value is -1.55. The number of piperazine rings is 1. The molecule has 0 atom stereocenters. The highest BCUT2D eigenvalue weighted by molar-refractivity contribution is 5.76. The van der Waals surface area contributed by atoms with Gasteiger partial charge >= 0.3 is 0 Å². The van der Waals surface area contributed by atoms with Gasteiger partial charge in [0.15, 0.2) is 0 Å². The number of carbonyl (C=O) groups excluding carboxylic acids is 1. The summed E-state index contributed by atoms with van der Waals surface area (Å²) in [5.74, 6) is 1.09. The number of hydrogen-bond donors (Lipinski definition) is 0. The molecule has 0 aliphatic carbocycles. The fraction of sp³-hybridized carbons (Fsp3) is 0.533. The number of carbonyl (C=O) groups is 1. The lowest BCUT2D eigenvalue weighted by Crippen LogP contribution is -2.47. The van der Waals surface area contributed by atoms with E-state index in [9.17, 15) is 4.79 Å². The molecule has 0 unspecified atom stereocenters. The minimum atomic E-state index is 0.248.